The van der Waals surface area contributed by atoms with Crippen LogP contribution in [0.15, 0.2) is 36.5 Å². The van der Waals surface area contributed by atoms with Crippen LogP contribution >= 0.6 is 7.82 Å². The highest BCUT2D eigenvalue weighted by atomic mass is 31.2. The van der Waals surface area contributed by atoms with Crippen LogP contribution in [0.4, 0.5) is 0 Å². The Kier molecular flexibility index (Phi) is 32.1. The third-order valence-corrected chi connectivity index (χ3v) is 10.2. The molecular weight excluding hydrogens is 703 g/mol. The normalized spacial score (nSPS) is 16.6. The minimum atomic E-state index is -4.77. The number of ether oxygens (including phenoxy) is 3. The van der Waals surface area contributed by atoms with E-state index in [2.05, 4.69) is 55.7 Å². The van der Waals surface area contributed by atoms with Crippen molar-refractivity contribution in [1.82, 2.24) is 0 Å². The molecule has 3 atom stereocenters. The van der Waals surface area contributed by atoms with Crippen molar-refractivity contribution in [1.29, 1.82) is 0 Å². The van der Waals surface area contributed by atoms with E-state index in [0.29, 0.717) is 25.0 Å². The molecule has 314 valence electrons. The van der Waals surface area contributed by atoms with E-state index < -0.39 is 32.5 Å². The first-order chi connectivity index (χ1) is 26.1. The molecule has 0 saturated carbocycles. The van der Waals surface area contributed by atoms with Crippen LogP contribution in [-0.2, 0) is 32.9 Å². The number of phosphoric ester groups is 1. The summed E-state index contributed by atoms with van der Waals surface area (Å²) in [6.45, 7) is 5.96. The molecule has 9 nitrogen and oxygen atoms in total. The number of epoxide rings is 1. The number of hydrogen-bond donors (Lipinski definition) is 2. The molecule has 1 heterocycles. The summed E-state index contributed by atoms with van der Waals surface area (Å²) in [7, 11) is -4.77. The van der Waals surface area contributed by atoms with Crippen LogP contribution in [0.1, 0.15) is 194 Å². The van der Waals surface area contributed by atoms with Gasteiger partial charge in [-0.05, 0) is 50.9 Å². The largest absolute Gasteiger partial charge is 0.469 e. The number of phosphoric acid groups is 1. The van der Waals surface area contributed by atoms with Gasteiger partial charge in [-0.1, -0.05) is 173 Å². The molecule has 1 fully saturated rings. The second-order valence-electron chi connectivity index (χ2n) is 15.5. The van der Waals surface area contributed by atoms with Crippen molar-refractivity contribution in [2.24, 2.45) is 5.92 Å². The summed E-state index contributed by atoms with van der Waals surface area (Å²) in [5.74, 6) is -0.116. The molecule has 0 aliphatic carbocycles. The molecule has 0 radical (unpaired) electrons. The summed E-state index contributed by atoms with van der Waals surface area (Å²) in [5, 5.41) is 0. The average molecular weight is 783 g/mol. The van der Waals surface area contributed by atoms with E-state index in [1.54, 1.807) is 0 Å². The fourth-order valence-electron chi connectivity index (χ4n) is 6.41. The van der Waals surface area contributed by atoms with Crippen molar-refractivity contribution in [2.45, 2.75) is 212 Å². The van der Waals surface area contributed by atoms with E-state index in [0.717, 1.165) is 44.4 Å². The van der Waals surface area contributed by atoms with Gasteiger partial charge < -0.3 is 24.0 Å². The molecule has 0 bridgehead atoms. The zero-order valence-electron chi connectivity index (χ0n) is 34.5. The second kappa shape index (κ2) is 34.5. The van der Waals surface area contributed by atoms with Gasteiger partial charge in [-0.15, -0.1) is 0 Å². The summed E-state index contributed by atoms with van der Waals surface area (Å²) in [6.07, 6.45) is 41.9. The highest BCUT2D eigenvalue weighted by Gasteiger charge is 2.36. The Labute approximate surface area is 329 Å². The van der Waals surface area contributed by atoms with Crippen LogP contribution < -0.4 is 0 Å². The van der Waals surface area contributed by atoms with Gasteiger partial charge in [0.05, 0.1) is 18.8 Å². The summed E-state index contributed by atoms with van der Waals surface area (Å²) < 4.78 is 32.1. The smallest absolute Gasteiger partial charge is 0.462 e. The average Bonchev–Trinajstić information content (AvgIpc) is 3.88. The predicted molar refractivity (Wildman–Crippen MR) is 220 cm³/mol. The Hall–Kier alpha value is -1.77. The molecule has 0 aromatic carbocycles. The highest BCUT2D eigenvalue weighted by molar-refractivity contribution is 7.46. The van der Waals surface area contributed by atoms with Crippen LogP contribution in [0.2, 0.25) is 0 Å². The zero-order chi connectivity index (χ0) is 39.5. The topological polar surface area (TPSA) is 132 Å². The van der Waals surface area contributed by atoms with E-state index in [1.807, 2.05) is 6.08 Å². The van der Waals surface area contributed by atoms with E-state index in [4.69, 9.17) is 24.0 Å². The monoisotopic (exact) mass is 783 g/mol. The van der Waals surface area contributed by atoms with Crippen molar-refractivity contribution in [3.8, 4) is 0 Å². The van der Waals surface area contributed by atoms with Crippen molar-refractivity contribution < 1.29 is 42.7 Å². The minimum Gasteiger partial charge on any atom is -0.462 e. The number of hydrogen-bond acceptors (Lipinski definition) is 7. The standard InChI is InChI=1S/C44H79O9P/c1-4-5-27-33-41-42(53-41)34-29-24-20-16-13-14-18-22-26-31-36-44(46)52-40(38-51-54(47,48)49)37-50-43(45)35-30-25-21-17-12-10-8-6-7-9-11-15-19-23-28-32-39(2)3/h13,16,18,22,24,29,39-42H,4-12,14-15,17,19-21,23,25-28,30-38H2,1-3H3,(H2,47,48,49)/b16-13-,22-18-,29-24-/t40-,41?,42?/m1/s1. The molecule has 10 heteroatoms. The molecule has 1 rings (SSSR count). The SMILES string of the molecule is CCCCCC1OC1C/C=C\C/C=C\C/C=C\CCCC(=O)O[C@H](COC(=O)CCCCCCCCCCCCCCCCCC(C)C)COP(=O)(O)O. The van der Waals surface area contributed by atoms with Gasteiger partial charge in [-0.25, -0.2) is 4.57 Å². The van der Waals surface area contributed by atoms with Gasteiger partial charge in [-0.2, -0.15) is 0 Å². The van der Waals surface area contributed by atoms with Crippen LogP contribution in [0, 0.1) is 5.92 Å². The molecule has 2 unspecified atom stereocenters. The Bertz CT molecular complexity index is 1050. The maximum absolute atomic E-state index is 12.4. The van der Waals surface area contributed by atoms with Gasteiger partial charge in [0.2, 0.25) is 0 Å². The first kappa shape index (κ1) is 50.2. The molecule has 54 heavy (non-hydrogen) atoms. The van der Waals surface area contributed by atoms with E-state index in [1.165, 1.54) is 109 Å². The quantitative estimate of drug-likeness (QED) is 0.0206. The van der Waals surface area contributed by atoms with Gasteiger partial charge in [0, 0.05) is 12.8 Å². The first-order valence-electron chi connectivity index (χ1n) is 21.8. The third kappa shape index (κ3) is 34.7. The van der Waals surface area contributed by atoms with Gasteiger partial charge in [0.15, 0.2) is 6.10 Å². The van der Waals surface area contributed by atoms with Crippen LogP contribution in [0.3, 0.4) is 0 Å². The molecule has 1 aliphatic rings. The van der Waals surface area contributed by atoms with Gasteiger partial charge in [0.1, 0.15) is 6.61 Å². The van der Waals surface area contributed by atoms with Crippen molar-refractivity contribution in [3.05, 3.63) is 36.5 Å². The highest BCUT2D eigenvalue weighted by Crippen LogP contribution is 2.36. The Morgan fingerprint density at radius 1 is 0.648 bits per heavy atom. The van der Waals surface area contributed by atoms with Crippen LogP contribution in [-0.4, -0.2) is 53.3 Å². The molecule has 0 aromatic rings. The van der Waals surface area contributed by atoms with Crippen molar-refractivity contribution in [2.75, 3.05) is 13.2 Å². The maximum Gasteiger partial charge on any atom is 0.469 e. The number of unbranched alkanes of at least 4 members (excludes halogenated alkanes) is 17. The number of carbonyl (C=O) groups is 2. The summed E-state index contributed by atoms with van der Waals surface area (Å²) in [4.78, 5) is 42.9. The number of rotatable bonds is 38. The second-order valence-corrected chi connectivity index (χ2v) is 16.8. The molecular formula is C44H79O9P. The Morgan fingerprint density at radius 3 is 1.76 bits per heavy atom. The van der Waals surface area contributed by atoms with Crippen LogP contribution in [0.5, 0.6) is 0 Å². The lowest BCUT2D eigenvalue weighted by molar-refractivity contribution is -0.161. The fourth-order valence-corrected chi connectivity index (χ4v) is 6.77. The predicted octanol–water partition coefficient (Wildman–Crippen LogP) is 12.2. The van der Waals surface area contributed by atoms with Crippen molar-refractivity contribution in [3.63, 3.8) is 0 Å². The van der Waals surface area contributed by atoms with E-state index in [9.17, 15) is 14.2 Å². The summed E-state index contributed by atoms with van der Waals surface area (Å²) in [6, 6.07) is 0. The third-order valence-electron chi connectivity index (χ3n) is 9.76. The van der Waals surface area contributed by atoms with Gasteiger partial charge >= 0.3 is 19.8 Å². The van der Waals surface area contributed by atoms with Crippen molar-refractivity contribution >= 4 is 19.8 Å². The minimum absolute atomic E-state index is 0.133. The molecule has 0 spiro atoms. The number of carbonyl (C=O) groups excluding carboxylic acids is 2. The zero-order valence-corrected chi connectivity index (χ0v) is 35.4. The number of allylic oxidation sites excluding steroid dienone is 5. The molecule has 1 aliphatic heterocycles. The van der Waals surface area contributed by atoms with Gasteiger partial charge in [0.25, 0.3) is 0 Å². The van der Waals surface area contributed by atoms with Crippen LogP contribution in [0.25, 0.3) is 0 Å². The molecule has 0 aromatic heterocycles. The summed E-state index contributed by atoms with van der Waals surface area (Å²) >= 11 is 0. The maximum atomic E-state index is 12.4. The van der Waals surface area contributed by atoms with Gasteiger partial charge in [-0.3, -0.25) is 14.1 Å². The van der Waals surface area contributed by atoms with E-state index in [-0.39, 0.29) is 19.4 Å². The first-order valence-corrected chi connectivity index (χ1v) is 23.3. The number of esters is 2. The van der Waals surface area contributed by atoms with E-state index >= 15 is 0 Å². The Balaban J connectivity index is 2.07. The molecule has 0 amide bonds. The molecule has 1 saturated heterocycles. The lowest BCUT2D eigenvalue weighted by Gasteiger charge is -2.18. The molecule has 2 N–H and O–H groups in total. The lowest BCUT2D eigenvalue weighted by atomic mass is 10.0. The summed E-state index contributed by atoms with van der Waals surface area (Å²) in [5.41, 5.74) is 0. The Morgan fingerprint density at radius 2 is 1.19 bits per heavy atom. The fraction of sp³-hybridized carbons (Fsp3) is 0.818. The lowest BCUT2D eigenvalue weighted by Crippen LogP contribution is -2.29.